The molecule has 0 aromatic heterocycles. The molecule has 0 bridgehead atoms. The smallest absolute Gasteiger partial charge is 0.159 e. The first-order valence-corrected chi connectivity index (χ1v) is 7.45. The van der Waals surface area contributed by atoms with Crippen molar-refractivity contribution in [3.05, 3.63) is 25.1 Å². The summed E-state index contributed by atoms with van der Waals surface area (Å²) in [6.45, 7) is 2.11. The van der Waals surface area contributed by atoms with Crippen LogP contribution >= 0.6 is 58.0 Å². The van der Waals surface area contributed by atoms with Gasteiger partial charge in [0, 0.05) is 12.8 Å². The quantitative estimate of drug-likeness (QED) is 0.347. The van der Waals surface area contributed by atoms with Crippen molar-refractivity contribution in [1.29, 1.82) is 0 Å². The monoisotopic (exact) mass is 362 g/mol. The topological polar surface area (TPSA) is 26.3 Å². The van der Waals surface area contributed by atoms with Crippen LogP contribution in [-0.2, 0) is 4.79 Å². The lowest BCUT2D eigenvalue weighted by Gasteiger charge is -2.13. The van der Waals surface area contributed by atoms with Crippen molar-refractivity contribution in [2.45, 2.75) is 26.2 Å². The van der Waals surface area contributed by atoms with E-state index >= 15 is 0 Å². The zero-order chi connectivity index (χ0) is 14.6. The van der Waals surface area contributed by atoms with Crippen LogP contribution in [0.2, 0.25) is 25.1 Å². The first kappa shape index (κ1) is 17.2. The van der Waals surface area contributed by atoms with E-state index in [1.165, 1.54) is 0 Å². The van der Waals surface area contributed by atoms with Gasteiger partial charge < -0.3 is 4.74 Å². The van der Waals surface area contributed by atoms with Gasteiger partial charge in [-0.2, -0.15) is 0 Å². The second kappa shape index (κ2) is 7.80. The number of carbonyl (C=O) groups excluding carboxylic acids is 1. The fraction of sp³-hybridized carbons (Fsp3) is 0.417. The Morgan fingerprint density at radius 1 is 0.947 bits per heavy atom. The second-order valence-corrected chi connectivity index (χ2v) is 5.63. The summed E-state index contributed by atoms with van der Waals surface area (Å²) >= 11 is 29.6. The summed E-state index contributed by atoms with van der Waals surface area (Å²) in [7, 11) is 0. The molecule has 0 aliphatic carbocycles. The Morgan fingerprint density at radius 2 is 1.42 bits per heavy atom. The van der Waals surface area contributed by atoms with E-state index in [0.717, 1.165) is 0 Å². The van der Waals surface area contributed by atoms with Gasteiger partial charge in [0.25, 0.3) is 0 Å². The fourth-order valence-electron chi connectivity index (χ4n) is 1.33. The van der Waals surface area contributed by atoms with E-state index in [9.17, 15) is 4.79 Å². The number of hydrogen-bond donors (Lipinski definition) is 0. The van der Waals surface area contributed by atoms with E-state index in [1.807, 2.05) is 6.92 Å². The number of ketones is 1. The molecular weight excluding hydrogens is 353 g/mol. The SMILES string of the molecule is CCC(=O)CCCOc1c(Cl)c(Cl)c(Cl)c(Cl)c1Cl. The van der Waals surface area contributed by atoms with Crippen LogP contribution in [0.3, 0.4) is 0 Å². The highest BCUT2D eigenvalue weighted by atomic mass is 35.5. The van der Waals surface area contributed by atoms with E-state index < -0.39 is 0 Å². The van der Waals surface area contributed by atoms with Gasteiger partial charge in [0.2, 0.25) is 0 Å². The molecule has 0 N–H and O–H groups in total. The van der Waals surface area contributed by atoms with Crippen LogP contribution in [0.1, 0.15) is 26.2 Å². The molecule has 0 saturated heterocycles. The second-order valence-electron chi connectivity index (χ2n) is 3.74. The van der Waals surface area contributed by atoms with Gasteiger partial charge in [-0.05, 0) is 6.42 Å². The Bertz CT molecular complexity index is 458. The largest absolute Gasteiger partial charge is 0.490 e. The highest BCUT2D eigenvalue weighted by Gasteiger charge is 2.20. The molecule has 1 aromatic rings. The maximum absolute atomic E-state index is 11.1. The van der Waals surface area contributed by atoms with Crippen LogP contribution in [-0.4, -0.2) is 12.4 Å². The molecule has 1 aromatic carbocycles. The third kappa shape index (κ3) is 4.30. The third-order valence-corrected chi connectivity index (χ3v) is 4.65. The number of rotatable bonds is 6. The summed E-state index contributed by atoms with van der Waals surface area (Å²) in [5.41, 5.74) is 0. The van der Waals surface area contributed by atoms with E-state index in [1.54, 1.807) is 0 Å². The third-order valence-electron chi connectivity index (χ3n) is 2.41. The number of halogens is 5. The van der Waals surface area contributed by atoms with E-state index in [2.05, 4.69) is 0 Å². The van der Waals surface area contributed by atoms with Crippen LogP contribution in [0.4, 0.5) is 0 Å². The van der Waals surface area contributed by atoms with E-state index in [-0.39, 0.29) is 36.6 Å². The highest BCUT2D eigenvalue weighted by molar-refractivity contribution is 6.55. The summed E-state index contributed by atoms with van der Waals surface area (Å²) in [4.78, 5) is 11.1. The molecule has 0 saturated carbocycles. The molecule has 0 spiro atoms. The summed E-state index contributed by atoms with van der Waals surface area (Å²) in [5.74, 6) is 0.361. The van der Waals surface area contributed by atoms with E-state index in [4.69, 9.17) is 62.7 Å². The number of ether oxygens (including phenoxy) is 1. The minimum absolute atomic E-state index is 0.0897. The molecular formula is C12H11Cl5O2. The zero-order valence-corrected chi connectivity index (χ0v) is 13.8. The average Bonchev–Trinajstić information content (AvgIpc) is 2.41. The van der Waals surface area contributed by atoms with Crippen molar-refractivity contribution in [2.24, 2.45) is 0 Å². The Hall–Kier alpha value is 0.140. The molecule has 7 heteroatoms. The average molecular weight is 364 g/mol. The Balaban J connectivity index is 2.77. The van der Waals surface area contributed by atoms with Gasteiger partial charge in [-0.1, -0.05) is 64.9 Å². The minimum Gasteiger partial charge on any atom is -0.490 e. The maximum Gasteiger partial charge on any atom is 0.159 e. The van der Waals surface area contributed by atoms with Crippen molar-refractivity contribution in [3.63, 3.8) is 0 Å². The van der Waals surface area contributed by atoms with Crippen molar-refractivity contribution in [1.82, 2.24) is 0 Å². The van der Waals surface area contributed by atoms with Gasteiger partial charge in [-0.3, -0.25) is 4.79 Å². The molecule has 0 aliphatic rings. The predicted octanol–water partition coefficient (Wildman–Crippen LogP) is 6.09. The summed E-state index contributed by atoms with van der Waals surface area (Å²) in [6.07, 6.45) is 1.53. The molecule has 1 rings (SSSR count). The normalized spacial score (nSPS) is 10.6. The minimum atomic E-state index is 0.0897. The lowest BCUT2D eigenvalue weighted by atomic mass is 10.2. The number of carbonyl (C=O) groups is 1. The Kier molecular flexibility index (Phi) is 7.06. The van der Waals surface area contributed by atoms with Crippen molar-refractivity contribution in [2.75, 3.05) is 6.61 Å². The fourth-order valence-corrected chi connectivity index (χ4v) is 2.56. The van der Waals surface area contributed by atoms with Gasteiger partial charge >= 0.3 is 0 Å². The highest BCUT2D eigenvalue weighted by Crippen LogP contribution is 2.48. The number of hydrogen-bond acceptors (Lipinski definition) is 2. The molecule has 2 nitrogen and oxygen atoms in total. The summed E-state index contributed by atoms with van der Waals surface area (Å²) in [6, 6.07) is 0. The molecule has 0 radical (unpaired) electrons. The summed E-state index contributed by atoms with van der Waals surface area (Å²) in [5, 5.41) is 0.507. The van der Waals surface area contributed by atoms with Crippen LogP contribution in [0.5, 0.6) is 5.75 Å². The maximum atomic E-state index is 11.1. The van der Waals surface area contributed by atoms with Crippen LogP contribution < -0.4 is 4.74 Å². The summed E-state index contributed by atoms with van der Waals surface area (Å²) < 4.78 is 5.44. The Morgan fingerprint density at radius 3 is 1.89 bits per heavy atom. The first-order chi connectivity index (χ1) is 8.90. The molecule has 0 heterocycles. The lowest BCUT2D eigenvalue weighted by molar-refractivity contribution is -0.118. The molecule has 19 heavy (non-hydrogen) atoms. The lowest BCUT2D eigenvalue weighted by Crippen LogP contribution is -2.03. The molecule has 0 aliphatic heterocycles. The van der Waals surface area contributed by atoms with Gasteiger partial charge in [0.15, 0.2) is 5.75 Å². The number of Topliss-reactive ketones (excluding diaryl/α,β-unsaturated/α-hetero) is 1. The van der Waals surface area contributed by atoms with Crippen molar-refractivity contribution >= 4 is 63.8 Å². The van der Waals surface area contributed by atoms with E-state index in [0.29, 0.717) is 25.9 Å². The van der Waals surface area contributed by atoms with Crippen LogP contribution in [0.25, 0.3) is 0 Å². The van der Waals surface area contributed by atoms with Gasteiger partial charge in [-0.25, -0.2) is 0 Å². The van der Waals surface area contributed by atoms with Crippen molar-refractivity contribution < 1.29 is 9.53 Å². The standard InChI is InChI=1S/C12H11Cl5O2/c1-2-6(18)4-3-5-19-12-10(16)8(14)7(13)9(15)11(12)17/h2-5H2,1H3. The molecule has 0 amide bonds. The molecule has 106 valence electrons. The van der Waals surface area contributed by atoms with Crippen LogP contribution in [0.15, 0.2) is 0 Å². The zero-order valence-electron chi connectivity index (χ0n) is 10.0. The molecule has 0 fully saturated rings. The first-order valence-electron chi connectivity index (χ1n) is 5.56. The Labute approximate surface area is 136 Å². The number of benzene rings is 1. The predicted molar refractivity (Wildman–Crippen MR) is 81.5 cm³/mol. The van der Waals surface area contributed by atoms with Crippen molar-refractivity contribution in [3.8, 4) is 5.75 Å². The molecule has 0 unspecified atom stereocenters. The van der Waals surface area contributed by atoms with Gasteiger partial charge in [0.05, 0.1) is 21.7 Å². The van der Waals surface area contributed by atoms with Gasteiger partial charge in [0.1, 0.15) is 15.8 Å². The molecule has 0 atom stereocenters. The van der Waals surface area contributed by atoms with Crippen LogP contribution in [0, 0.1) is 0 Å². The van der Waals surface area contributed by atoms with Gasteiger partial charge in [-0.15, -0.1) is 0 Å².